The number of hydrogen-bond acceptors (Lipinski definition) is 5. The summed E-state index contributed by atoms with van der Waals surface area (Å²) in [4.78, 5) is 18.8. The molecule has 0 saturated heterocycles. The average Bonchev–Trinajstić information content (AvgIpc) is 3.05. The predicted molar refractivity (Wildman–Crippen MR) is 76.8 cm³/mol. The maximum atomic E-state index is 13.5. The van der Waals surface area contributed by atoms with Gasteiger partial charge in [-0.3, -0.25) is 0 Å². The molecule has 122 valence electrons. The largest absolute Gasteiger partial charge is 0.486 e. The summed E-state index contributed by atoms with van der Waals surface area (Å²) in [6.07, 6.45) is 5.12. The van der Waals surface area contributed by atoms with Gasteiger partial charge in [-0.25, -0.2) is 28.2 Å². The molecule has 9 heteroatoms. The van der Waals surface area contributed by atoms with Gasteiger partial charge in [-0.2, -0.15) is 5.10 Å². The highest BCUT2D eigenvalue weighted by molar-refractivity contribution is 5.86. The van der Waals surface area contributed by atoms with Crippen molar-refractivity contribution in [1.82, 2.24) is 19.7 Å². The van der Waals surface area contributed by atoms with Crippen LogP contribution in [0.25, 0.3) is 5.95 Å². The molecule has 0 aliphatic heterocycles. The maximum absolute atomic E-state index is 13.5. The average molecular weight is 332 g/mol. The first-order chi connectivity index (χ1) is 11.5. The summed E-state index contributed by atoms with van der Waals surface area (Å²) in [6.45, 7) is -0.111. The maximum Gasteiger partial charge on any atom is 0.338 e. The number of carbonyl (C=O) groups is 1. The monoisotopic (exact) mass is 332 g/mol. The number of ether oxygens (including phenoxy) is 1. The van der Waals surface area contributed by atoms with Crippen molar-refractivity contribution in [3.8, 4) is 11.7 Å². The fraction of sp³-hybridized carbons (Fsp3) is 0.0667. The van der Waals surface area contributed by atoms with E-state index in [1.165, 1.54) is 35.5 Å². The number of carboxylic acid groups (broad SMARTS) is 1. The van der Waals surface area contributed by atoms with Crippen LogP contribution >= 0.6 is 0 Å². The van der Waals surface area contributed by atoms with Crippen molar-refractivity contribution in [2.24, 2.45) is 0 Å². The van der Waals surface area contributed by atoms with Crippen molar-refractivity contribution >= 4 is 5.97 Å². The smallest absolute Gasteiger partial charge is 0.338 e. The Hall–Kier alpha value is -3.36. The molecular formula is C15H10F2N4O3. The van der Waals surface area contributed by atoms with Gasteiger partial charge >= 0.3 is 5.97 Å². The summed E-state index contributed by atoms with van der Waals surface area (Å²) >= 11 is 0. The van der Waals surface area contributed by atoms with Crippen LogP contribution in [0.5, 0.6) is 5.75 Å². The van der Waals surface area contributed by atoms with E-state index in [4.69, 9.17) is 9.84 Å². The molecule has 1 N–H and O–H groups in total. The third-order valence-corrected chi connectivity index (χ3v) is 3.06. The Labute approximate surface area is 134 Å². The number of halogens is 2. The lowest BCUT2D eigenvalue weighted by Crippen LogP contribution is -2.03. The molecule has 0 unspecified atom stereocenters. The highest BCUT2D eigenvalue weighted by Crippen LogP contribution is 2.14. The summed E-state index contributed by atoms with van der Waals surface area (Å²) < 4.78 is 32.9. The molecule has 0 bridgehead atoms. The van der Waals surface area contributed by atoms with Gasteiger partial charge in [-0.15, -0.1) is 0 Å². The molecule has 0 aliphatic carbocycles. The summed E-state index contributed by atoms with van der Waals surface area (Å²) in [7, 11) is 0. The second-order valence-corrected chi connectivity index (χ2v) is 4.72. The van der Waals surface area contributed by atoms with Crippen molar-refractivity contribution in [1.29, 1.82) is 0 Å². The second-order valence-electron chi connectivity index (χ2n) is 4.72. The SMILES string of the molecule is O=C(O)c1cnn(-c2ncc(OCc3ccc(F)cc3F)cn2)c1. The molecule has 2 heterocycles. The van der Waals surface area contributed by atoms with Crippen molar-refractivity contribution in [2.45, 2.75) is 6.61 Å². The lowest BCUT2D eigenvalue weighted by atomic mass is 10.2. The van der Waals surface area contributed by atoms with Gasteiger partial charge in [0.15, 0.2) is 5.75 Å². The molecule has 0 saturated carbocycles. The minimum atomic E-state index is -1.11. The quantitative estimate of drug-likeness (QED) is 0.770. The van der Waals surface area contributed by atoms with Gasteiger partial charge in [0.2, 0.25) is 0 Å². The van der Waals surface area contributed by atoms with Crippen LogP contribution in [0.3, 0.4) is 0 Å². The van der Waals surface area contributed by atoms with Crippen molar-refractivity contribution < 1.29 is 23.4 Å². The highest BCUT2D eigenvalue weighted by atomic mass is 19.1. The molecule has 0 aliphatic rings. The first-order valence-corrected chi connectivity index (χ1v) is 6.70. The van der Waals surface area contributed by atoms with E-state index >= 15 is 0 Å². The van der Waals surface area contributed by atoms with Crippen LogP contribution in [-0.4, -0.2) is 30.8 Å². The predicted octanol–water partition coefficient (Wildman–Crippen LogP) is 2.22. The van der Waals surface area contributed by atoms with E-state index in [2.05, 4.69) is 15.1 Å². The van der Waals surface area contributed by atoms with Crippen molar-refractivity contribution in [2.75, 3.05) is 0 Å². The molecule has 3 rings (SSSR count). The Balaban J connectivity index is 1.69. The molecule has 0 radical (unpaired) electrons. The zero-order chi connectivity index (χ0) is 17.1. The fourth-order valence-electron chi connectivity index (χ4n) is 1.84. The van der Waals surface area contributed by atoms with E-state index in [1.807, 2.05) is 0 Å². The Bertz CT molecular complexity index is 881. The normalized spacial score (nSPS) is 10.6. The van der Waals surface area contributed by atoms with Gasteiger partial charge in [-0.05, 0) is 12.1 Å². The topological polar surface area (TPSA) is 90.1 Å². The lowest BCUT2D eigenvalue weighted by molar-refractivity contribution is 0.0697. The van der Waals surface area contributed by atoms with Gasteiger partial charge in [-0.1, -0.05) is 0 Å². The van der Waals surface area contributed by atoms with Gasteiger partial charge in [0.05, 0.1) is 24.2 Å². The number of rotatable bonds is 5. The Morgan fingerprint density at radius 1 is 1.21 bits per heavy atom. The van der Waals surface area contributed by atoms with Crippen LogP contribution in [0.4, 0.5) is 8.78 Å². The minimum absolute atomic E-state index is 0.00529. The molecule has 1 aromatic carbocycles. The summed E-state index contributed by atoms with van der Waals surface area (Å²) in [5, 5.41) is 12.7. The fourth-order valence-corrected chi connectivity index (χ4v) is 1.84. The molecule has 3 aromatic rings. The first-order valence-electron chi connectivity index (χ1n) is 6.70. The minimum Gasteiger partial charge on any atom is -0.486 e. The first kappa shape index (κ1) is 15.5. The number of nitrogens with zero attached hydrogens (tertiary/aromatic N) is 4. The number of carboxylic acids is 1. The molecule has 0 fully saturated rings. The van der Waals surface area contributed by atoms with E-state index in [9.17, 15) is 13.6 Å². The Kier molecular flexibility index (Phi) is 4.15. The van der Waals surface area contributed by atoms with E-state index < -0.39 is 17.6 Å². The third kappa shape index (κ3) is 3.35. The summed E-state index contributed by atoms with van der Waals surface area (Å²) in [5.74, 6) is -2.05. The van der Waals surface area contributed by atoms with E-state index in [0.29, 0.717) is 0 Å². The van der Waals surface area contributed by atoms with Crippen molar-refractivity contribution in [3.63, 3.8) is 0 Å². The van der Waals surface area contributed by atoms with Crippen LogP contribution in [0.1, 0.15) is 15.9 Å². The molecule has 24 heavy (non-hydrogen) atoms. The molecule has 0 amide bonds. The summed E-state index contributed by atoms with van der Waals surface area (Å²) in [5.41, 5.74) is 0.198. The second kappa shape index (κ2) is 6.41. The van der Waals surface area contributed by atoms with E-state index in [-0.39, 0.29) is 29.4 Å². The Morgan fingerprint density at radius 3 is 2.58 bits per heavy atom. The van der Waals surface area contributed by atoms with Gasteiger partial charge in [0, 0.05) is 17.8 Å². The molecule has 7 nitrogen and oxygen atoms in total. The third-order valence-electron chi connectivity index (χ3n) is 3.06. The van der Waals surface area contributed by atoms with Gasteiger partial charge in [0.1, 0.15) is 18.2 Å². The van der Waals surface area contributed by atoms with Crippen LogP contribution in [0.2, 0.25) is 0 Å². The number of aromatic nitrogens is 4. The highest BCUT2D eigenvalue weighted by Gasteiger charge is 2.09. The molecule has 0 atom stereocenters. The lowest BCUT2D eigenvalue weighted by Gasteiger charge is -2.07. The number of aromatic carboxylic acids is 1. The molecule has 2 aromatic heterocycles. The Morgan fingerprint density at radius 2 is 1.96 bits per heavy atom. The van der Waals surface area contributed by atoms with Crippen LogP contribution in [0, 0.1) is 11.6 Å². The van der Waals surface area contributed by atoms with Gasteiger partial charge in [0.25, 0.3) is 5.95 Å². The van der Waals surface area contributed by atoms with Crippen LogP contribution < -0.4 is 4.74 Å². The van der Waals surface area contributed by atoms with Crippen LogP contribution in [-0.2, 0) is 6.61 Å². The van der Waals surface area contributed by atoms with Crippen molar-refractivity contribution in [3.05, 3.63) is 65.7 Å². The molecular weight excluding hydrogens is 322 g/mol. The van der Waals surface area contributed by atoms with Gasteiger partial charge < -0.3 is 9.84 Å². The summed E-state index contributed by atoms with van der Waals surface area (Å²) in [6, 6.07) is 3.20. The standard InChI is InChI=1S/C15H10F2N4O3/c16-11-2-1-9(13(17)3-11)8-24-12-5-18-15(19-6-12)21-7-10(4-20-21)14(22)23/h1-7H,8H2,(H,22,23). The number of hydrogen-bond donors (Lipinski definition) is 1. The molecule has 0 spiro atoms. The zero-order valence-corrected chi connectivity index (χ0v) is 12.1. The van der Waals surface area contributed by atoms with Crippen LogP contribution in [0.15, 0.2) is 43.0 Å². The van der Waals surface area contributed by atoms with E-state index in [1.54, 1.807) is 0 Å². The number of benzene rings is 1. The zero-order valence-electron chi connectivity index (χ0n) is 12.1. The van der Waals surface area contributed by atoms with E-state index in [0.717, 1.165) is 12.1 Å².